The summed E-state index contributed by atoms with van der Waals surface area (Å²) >= 11 is 1.75. The number of halogens is 1. The van der Waals surface area contributed by atoms with E-state index in [2.05, 4.69) is 69.2 Å². The van der Waals surface area contributed by atoms with E-state index in [1.165, 1.54) is 11.1 Å². The number of thiophene rings is 1. The molecule has 2 aromatic heterocycles. The third-order valence-corrected chi connectivity index (χ3v) is 5.81. The van der Waals surface area contributed by atoms with Crippen LogP contribution < -0.4 is 15.5 Å². The quantitative estimate of drug-likeness (QED) is 0.328. The van der Waals surface area contributed by atoms with Gasteiger partial charge >= 0.3 is 0 Å². The molecule has 1 saturated heterocycles. The van der Waals surface area contributed by atoms with E-state index in [1.807, 2.05) is 12.3 Å². The fourth-order valence-electron chi connectivity index (χ4n) is 3.29. The molecule has 6 nitrogen and oxygen atoms in total. The summed E-state index contributed by atoms with van der Waals surface area (Å²) in [7, 11) is 2.17. The van der Waals surface area contributed by atoms with Crippen LogP contribution in [-0.2, 0) is 6.54 Å². The fraction of sp³-hybridized carbons (Fsp3) is 0.524. The number of aliphatic imine (C=N–C) groups is 1. The lowest BCUT2D eigenvalue weighted by atomic mass is 10.1. The molecule has 0 saturated carbocycles. The Labute approximate surface area is 195 Å². The van der Waals surface area contributed by atoms with Gasteiger partial charge < -0.3 is 20.4 Å². The molecule has 0 radical (unpaired) electrons. The highest BCUT2D eigenvalue weighted by Crippen LogP contribution is 2.20. The molecule has 1 fully saturated rings. The molecule has 3 heterocycles. The van der Waals surface area contributed by atoms with Crippen LogP contribution in [0.5, 0.6) is 0 Å². The van der Waals surface area contributed by atoms with E-state index in [4.69, 9.17) is 4.99 Å². The third-order valence-electron chi connectivity index (χ3n) is 5.11. The van der Waals surface area contributed by atoms with E-state index < -0.39 is 0 Å². The van der Waals surface area contributed by atoms with Gasteiger partial charge in [-0.05, 0) is 48.3 Å². The molecule has 1 aliphatic heterocycles. The zero-order valence-corrected chi connectivity index (χ0v) is 20.7. The molecule has 0 spiro atoms. The predicted molar refractivity (Wildman–Crippen MR) is 135 cm³/mol. The van der Waals surface area contributed by atoms with Crippen molar-refractivity contribution in [2.75, 3.05) is 51.2 Å². The first-order valence-corrected chi connectivity index (χ1v) is 11.0. The predicted octanol–water partition coefficient (Wildman–Crippen LogP) is 3.37. The van der Waals surface area contributed by atoms with Gasteiger partial charge in [0.25, 0.3) is 0 Å². The summed E-state index contributed by atoms with van der Waals surface area (Å²) in [6, 6.07) is 6.34. The van der Waals surface area contributed by atoms with Gasteiger partial charge in [0.05, 0.1) is 6.54 Å². The van der Waals surface area contributed by atoms with Gasteiger partial charge in [0.1, 0.15) is 5.82 Å². The molecule has 1 atom stereocenters. The topological polar surface area (TPSA) is 55.8 Å². The molecular weight excluding hydrogens is 495 g/mol. The van der Waals surface area contributed by atoms with Crippen molar-refractivity contribution in [1.29, 1.82) is 0 Å². The molecule has 2 aromatic rings. The maximum absolute atomic E-state index is 4.83. The largest absolute Gasteiger partial charge is 0.357 e. The van der Waals surface area contributed by atoms with Gasteiger partial charge in [0, 0.05) is 51.0 Å². The normalized spacial score (nSPS) is 16.2. The Hall–Kier alpha value is -1.39. The average Bonchev–Trinajstić information content (AvgIpc) is 3.26. The van der Waals surface area contributed by atoms with Crippen molar-refractivity contribution in [1.82, 2.24) is 20.5 Å². The minimum Gasteiger partial charge on any atom is -0.357 e. The van der Waals surface area contributed by atoms with Crippen LogP contribution in [-0.4, -0.2) is 62.2 Å². The number of rotatable bonds is 7. The molecule has 0 aliphatic carbocycles. The molecule has 160 valence electrons. The molecule has 2 N–H and O–H groups in total. The van der Waals surface area contributed by atoms with Gasteiger partial charge in [-0.25, -0.2) is 9.98 Å². The van der Waals surface area contributed by atoms with Gasteiger partial charge in [0.15, 0.2) is 5.96 Å². The lowest BCUT2D eigenvalue weighted by molar-refractivity contribution is 0.312. The van der Waals surface area contributed by atoms with Crippen LogP contribution in [0.1, 0.15) is 30.9 Å². The standard InChI is InChI=1S/C21H32N6S.HI/c1-4-22-21(24-14-17(2)19-7-13-28-16-19)25-15-18-6-5-8-23-20(18)27-11-9-26(3)10-12-27;/h5-8,13,16-17H,4,9-12,14-15H2,1-3H3,(H2,22,24,25);1H. The SMILES string of the molecule is CCNC(=NCc1cccnc1N1CCN(C)CC1)NCC(C)c1ccsc1.I. The Bertz CT molecular complexity index is 743. The molecule has 8 heteroatoms. The molecule has 1 aliphatic rings. The van der Waals surface area contributed by atoms with Gasteiger partial charge in [-0.15, -0.1) is 24.0 Å². The number of nitrogens with one attached hydrogen (secondary N) is 2. The monoisotopic (exact) mass is 528 g/mol. The number of nitrogens with zero attached hydrogens (tertiary/aromatic N) is 4. The number of piperazine rings is 1. The van der Waals surface area contributed by atoms with E-state index >= 15 is 0 Å². The summed E-state index contributed by atoms with van der Waals surface area (Å²) in [4.78, 5) is 14.2. The summed E-state index contributed by atoms with van der Waals surface area (Å²) < 4.78 is 0. The number of hydrogen-bond donors (Lipinski definition) is 2. The summed E-state index contributed by atoms with van der Waals surface area (Å²) in [5.41, 5.74) is 2.55. The minimum absolute atomic E-state index is 0. The highest BCUT2D eigenvalue weighted by molar-refractivity contribution is 14.0. The molecule has 1 unspecified atom stereocenters. The zero-order chi connectivity index (χ0) is 19.8. The molecular formula is C21H33IN6S. The van der Waals surface area contributed by atoms with Crippen LogP contribution in [0.25, 0.3) is 0 Å². The van der Waals surface area contributed by atoms with Gasteiger partial charge in [-0.2, -0.15) is 11.3 Å². The van der Waals surface area contributed by atoms with Crippen molar-refractivity contribution in [3.05, 3.63) is 46.3 Å². The number of aromatic nitrogens is 1. The second-order valence-electron chi connectivity index (χ2n) is 7.31. The number of guanidine groups is 1. The van der Waals surface area contributed by atoms with Crippen molar-refractivity contribution in [3.8, 4) is 0 Å². The Morgan fingerprint density at radius 1 is 1.24 bits per heavy atom. The first-order chi connectivity index (χ1) is 13.7. The first kappa shape index (κ1) is 23.9. The van der Waals surface area contributed by atoms with Crippen LogP contribution >= 0.6 is 35.3 Å². The highest BCUT2D eigenvalue weighted by Gasteiger charge is 2.17. The second kappa shape index (κ2) is 12.3. The second-order valence-corrected chi connectivity index (χ2v) is 8.09. The van der Waals surface area contributed by atoms with E-state index in [0.717, 1.165) is 51.0 Å². The Morgan fingerprint density at radius 3 is 2.72 bits per heavy atom. The molecule has 0 bridgehead atoms. The summed E-state index contributed by atoms with van der Waals surface area (Å²) in [6.45, 7) is 10.8. The fourth-order valence-corrected chi connectivity index (χ4v) is 4.07. The minimum atomic E-state index is 0. The number of anilines is 1. The maximum Gasteiger partial charge on any atom is 0.191 e. The molecule has 3 rings (SSSR count). The van der Waals surface area contributed by atoms with Gasteiger partial charge in [-0.3, -0.25) is 0 Å². The van der Waals surface area contributed by atoms with Crippen molar-refractivity contribution in [3.63, 3.8) is 0 Å². The van der Waals surface area contributed by atoms with Crippen LogP contribution in [0, 0.1) is 0 Å². The van der Waals surface area contributed by atoms with Gasteiger partial charge in [-0.1, -0.05) is 13.0 Å². The van der Waals surface area contributed by atoms with Crippen molar-refractivity contribution < 1.29 is 0 Å². The lowest BCUT2D eigenvalue weighted by Crippen LogP contribution is -2.45. The maximum atomic E-state index is 4.83. The van der Waals surface area contributed by atoms with Crippen LogP contribution in [0.3, 0.4) is 0 Å². The zero-order valence-electron chi connectivity index (χ0n) is 17.6. The van der Waals surface area contributed by atoms with E-state index in [0.29, 0.717) is 12.5 Å². The van der Waals surface area contributed by atoms with Crippen molar-refractivity contribution in [2.24, 2.45) is 4.99 Å². The van der Waals surface area contributed by atoms with E-state index in [-0.39, 0.29) is 24.0 Å². The number of pyridine rings is 1. The summed E-state index contributed by atoms with van der Waals surface area (Å²) in [6.07, 6.45) is 1.88. The smallest absolute Gasteiger partial charge is 0.191 e. The third kappa shape index (κ3) is 7.11. The van der Waals surface area contributed by atoms with Crippen LogP contribution in [0.4, 0.5) is 5.82 Å². The summed E-state index contributed by atoms with van der Waals surface area (Å²) in [5.74, 6) is 2.38. The molecule has 29 heavy (non-hydrogen) atoms. The van der Waals surface area contributed by atoms with Crippen LogP contribution in [0.2, 0.25) is 0 Å². The van der Waals surface area contributed by atoms with Crippen molar-refractivity contribution in [2.45, 2.75) is 26.3 Å². The summed E-state index contributed by atoms with van der Waals surface area (Å²) in [5, 5.41) is 11.2. The van der Waals surface area contributed by atoms with E-state index in [1.54, 1.807) is 11.3 Å². The average molecular weight is 529 g/mol. The number of likely N-dealkylation sites (N-methyl/N-ethyl adjacent to an activating group) is 1. The van der Waals surface area contributed by atoms with Crippen molar-refractivity contribution >= 4 is 47.1 Å². The first-order valence-electron chi connectivity index (χ1n) is 10.1. The Kier molecular flexibility index (Phi) is 10.2. The lowest BCUT2D eigenvalue weighted by Gasteiger charge is -2.34. The Morgan fingerprint density at radius 2 is 2.03 bits per heavy atom. The Balaban J connectivity index is 0.00000300. The highest BCUT2D eigenvalue weighted by atomic mass is 127. The van der Waals surface area contributed by atoms with E-state index in [9.17, 15) is 0 Å². The number of hydrogen-bond acceptors (Lipinski definition) is 5. The molecule has 0 amide bonds. The van der Waals surface area contributed by atoms with Gasteiger partial charge in [0.2, 0.25) is 0 Å². The molecule has 0 aromatic carbocycles. The van der Waals surface area contributed by atoms with Crippen LogP contribution in [0.15, 0.2) is 40.1 Å².